The summed E-state index contributed by atoms with van der Waals surface area (Å²) in [7, 11) is -3.26. The Morgan fingerprint density at radius 3 is 2.36 bits per heavy atom. The number of hydrogen-bond acceptors (Lipinski definition) is 4. The van der Waals surface area contributed by atoms with E-state index in [9.17, 15) is 13.2 Å². The van der Waals surface area contributed by atoms with Crippen molar-refractivity contribution in [2.24, 2.45) is 11.7 Å². The van der Waals surface area contributed by atoms with Crippen molar-refractivity contribution in [3.05, 3.63) is 29.8 Å². The summed E-state index contributed by atoms with van der Waals surface area (Å²) >= 11 is 0. The van der Waals surface area contributed by atoms with E-state index in [2.05, 4.69) is 5.32 Å². The van der Waals surface area contributed by atoms with E-state index < -0.39 is 14.6 Å². The van der Waals surface area contributed by atoms with Gasteiger partial charge in [-0.25, -0.2) is 8.42 Å². The van der Waals surface area contributed by atoms with Crippen molar-refractivity contribution < 1.29 is 13.2 Å². The van der Waals surface area contributed by atoms with Crippen LogP contribution in [-0.2, 0) is 20.4 Å². The zero-order chi connectivity index (χ0) is 17.1. The molecule has 2 unspecified atom stereocenters. The average molecular weight is 326 g/mol. The van der Waals surface area contributed by atoms with E-state index in [1.54, 1.807) is 58.9 Å². The molecule has 0 saturated heterocycles. The van der Waals surface area contributed by atoms with Crippen molar-refractivity contribution in [3.63, 3.8) is 0 Å². The lowest BCUT2D eigenvalue weighted by atomic mass is 10.0. The van der Waals surface area contributed by atoms with E-state index in [0.717, 1.165) is 0 Å². The molecule has 1 aromatic rings. The summed E-state index contributed by atoms with van der Waals surface area (Å²) in [4.78, 5) is 12.0. The largest absolute Gasteiger partial charge is 0.327 e. The van der Waals surface area contributed by atoms with Gasteiger partial charge in [-0.05, 0) is 45.4 Å². The summed E-state index contributed by atoms with van der Waals surface area (Å²) in [6.07, 6.45) is 0. The molecule has 0 bridgehead atoms. The second kappa shape index (κ2) is 6.79. The summed E-state index contributed by atoms with van der Waals surface area (Å²) in [5.41, 5.74) is 6.95. The average Bonchev–Trinajstić information content (AvgIpc) is 2.36. The second-order valence-electron chi connectivity index (χ2n) is 6.71. The molecule has 0 spiro atoms. The molecular formula is C16H26N2O3S. The van der Waals surface area contributed by atoms with Crippen LogP contribution in [0, 0.1) is 5.92 Å². The van der Waals surface area contributed by atoms with E-state index in [1.165, 1.54) is 0 Å². The Bertz CT molecular complexity index is 631. The number of amides is 1. The van der Waals surface area contributed by atoms with Crippen molar-refractivity contribution in [1.82, 2.24) is 0 Å². The molecule has 5 nitrogen and oxygen atoms in total. The maximum Gasteiger partial charge on any atom is 0.228 e. The molecule has 0 radical (unpaired) electrons. The number of carbonyl (C=O) groups is 1. The van der Waals surface area contributed by atoms with Crippen molar-refractivity contribution in [1.29, 1.82) is 0 Å². The van der Waals surface area contributed by atoms with Gasteiger partial charge >= 0.3 is 0 Å². The monoisotopic (exact) mass is 326 g/mol. The first-order chi connectivity index (χ1) is 9.94. The van der Waals surface area contributed by atoms with Gasteiger partial charge in [-0.2, -0.15) is 0 Å². The van der Waals surface area contributed by atoms with Crippen molar-refractivity contribution in [3.8, 4) is 0 Å². The van der Waals surface area contributed by atoms with Crippen LogP contribution < -0.4 is 11.1 Å². The second-order valence-corrected chi connectivity index (χ2v) is 9.45. The summed E-state index contributed by atoms with van der Waals surface area (Å²) in [5.74, 6) is -0.545. The van der Waals surface area contributed by atoms with Gasteiger partial charge in [-0.15, -0.1) is 0 Å². The topological polar surface area (TPSA) is 89.3 Å². The van der Waals surface area contributed by atoms with Gasteiger partial charge in [0.25, 0.3) is 0 Å². The predicted molar refractivity (Wildman–Crippen MR) is 90.3 cm³/mol. The number of nitrogens with two attached hydrogens (primary N) is 1. The number of benzene rings is 1. The fourth-order valence-electron chi connectivity index (χ4n) is 1.67. The summed E-state index contributed by atoms with van der Waals surface area (Å²) in [5, 5.41) is 2.77. The molecule has 0 fully saturated rings. The van der Waals surface area contributed by atoms with Gasteiger partial charge in [0.1, 0.15) is 0 Å². The highest BCUT2D eigenvalue weighted by atomic mass is 32.2. The number of rotatable bonds is 5. The Morgan fingerprint density at radius 2 is 1.86 bits per heavy atom. The molecule has 1 amide bonds. The van der Waals surface area contributed by atoms with E-state index in [4.69, 9.17) is 5.73 Å². The van der Waals surface area contributed by atoms with E-state index >= 15 is 0 Å². The molecule has 0 saturated carbocycles. The number of hydrogen-bond donors (Lipinski definition) is 2. The zero-order valence-corrected chi connectivity index (χ0v) is 14.7. The first-order valence-corrected chi connectivity index (χ1v) is 8.97. The minimum absolute atomic E-state index is 0.0525. The van der Waals surface area contributed by atoms with Crippen LogP contribution in [0.5, 0.6) is 0 Å². The lowest BCUT2D eigenvalue weighted by Gasteiger charge is -2.19. The van der Waals surface area contributed by atoms with Gasteiger partial charge < -0.3 is 11.1 Å². The van der Waals surface area contributed by atoms with Crippen LogP contribution in [0.15, 0.2) is 24.3 Å². The van der Waals surface area contributed by atoms with E-state index in [0.29, 0.717) is 11.3 Å². The lowest BCUT2D eigenvalue weighted by Crippen LogP contribution is -2.34. The molecule has 124 valence electrons. The van der Waals surface area contributed by atoms with Crippen LogP contribution in [0.4, 0.5) is 5.69 Å². The Kier molecular flexibility index (Phi) is 5.76. The highest BCUT2D eigenvalue weighted by molar-refractivity contribution is 7.91. The van der Waals surface area contributed by atoms with Gasteiger partial charge in [0.15, 0.2) is 9.84 Å². The quantitative estimate of drug-likeness (QED) is 0.869. The van der Waals surface area contributed by atoms with E-state index in [1.807, 2.05) is 0 Å². The third-order valence-electron chi connectivity index (χ3n) is 3.69. The van der Waals surface area contributed by atoms with Crippen molar-refractivity contribution in [2.75, 3.05) is 5.32 Å². The van der Waals surface area contributed by atoms with Crippen LogP contribution >= 0.6 is 0 Å². The molecule has 0 aliphatic heterocycles. The first-order valence-electron chi connectivity index (χ1n) is 7.32. The Balaban J connectivity index is 2.90. The maximum atomic E-state index is 12.2. The summed E-state index contributed by atoms with van der Waals surface area (Å²) < 4.78 is 23.7. The summed E-state index contributed by atoms with van der Waals surface area (Å²) in [6, 6.07) is 6.66. The van der Waals surface area contributed by atoms with Crippen LogP contribution in [0.2, 0.25) is 0 Å². The highest BCUT2D eigenvalue weighted by Crippen LogP contribution is 2.22. The number of anilines is 1. The Morgan fingerprint density at radius 1 is 1.27 bits per heavy atom. The molecule has 6 heteroatoms. The Labute approximate surface area is 133 Å². The number of carbonyl (C=O) groups excluding carboxylic acids is 1. The third-order valence-corrected chi connectivity index (χ3v) is 6.27. The molecule has 0 heterocycles. The maximum absolute atomic E-state index is 12.2. The molecular weight excluding hydrogens is 300 g/mol. The van der Waals surface area contributed by atoms with Gasteiger partial charge in [-0.3, -0.25) is 4.79 Å². The molecule has 2 atom stereocenters. The van der Waals surface area contributed by atoms with Crippen molar-refractivity contribution >= 4 is 21.4 Å². The minimum atomic E-state index is -3.26. The van der Waals surface area contributed by atoms with Gasteiger partial charge in [0.2, 0.25) is 5.91 Å². The van der Waals surface area contributed by atoms with Crippen LogP contribution in [-0.4, -0.2) is 25.1 Å². The lowest BCUT2D eigenvalue weighted by molar-refractivity contribution is -0.119. The molecule has 22 heavy (non-hydrogen) atoms. The third kappa shape index (κ3) is 4.81. The first kappa shape index (κ1) is 18.6. The summed E-state index contributed by atoms with van der Waals surface area (Å²) in [6.45, 7) is 8.57. The Hall–Kier alpha value is -1.40. The standard InChI is InChI=1S/C16H26N2O3S/c1-11(12(2)17)15(19)18-14-8-6-7-13(9-14)10-22(20,21)16(3,4)5/h6-9,11-12H,10,17H2,1-5H3,(H,18,19). The SMILES string of the molecule is CC(N)C(C)C(=O)Nc1cccc(CS(=O)(=O)C(C)(C)C)c1. The fourth-order valence-corrected chi connectivity index (χ4v) is 2.72. The number of nitrogens with one attached hydrogen (secondary N) is 1. The van der Waals surface area contributed by atoms with Crippen molar-refractivity contribution in [2.45, 2.75) is 51.2 Å². The molecule has 1 rings (SSSR count). The molecule has 0 aliphatic carbocycles. The fraction of sp³-hybridized carbons (Fsp3) is 0.562. The van der Waals surface area contributed by atoms with Gasteiger partial charge in [0.05, 0.1) is 16.4 Å². The van der Waals surface area contributed by atoms with Crippen LogP contribution in [0.3, 0.4) is 0 Å². The zero-order valence-electron chi connectivity index (χ0n) is 13.9. The molecule has 3 N–H and O–H groups in total. The molecule has 0 aliphatic rings. The van der Waals surface area contributed by atoms with Gasteiger partial charge in [0, 0.05) is 11.7 Å². The molecule has 0 aromatic heterocycles. The van der Waals surface area contributed by atoms with E-state index in [-0.39, 0.29) is 23.6 Å². The predicted octanol–water partition coefficient (Wildman–Crippen LogP) is 2.32. The van der Waals surface area contributed by atoms with Gasteiger partial charge in [-0.1, -0.05) is 19.1 Å². The smallest absolute Gasteiger partial charge is 0.228 e. The highest BCUT2D eigenvalue weighted by Gasteiger charge is 2.29. The number of sulfone groups is 1. The minimum Gasteiger partial charge on any atom is -0.327 e. The molecule has 1 aromatic carbocycles. The van der Waals surface area contributed by atoms with Crippen LogP contribution in [0.25, 0.3) is 0 Å². The van der Waals surface area contributed by atoms with Crippen LogP contribution in [0.1, 0.15) is 40.2 Å². The normalized spacial score (nSPS) is 15.2.